The molecule has 0 bridgehead atoms. The molecule has 1 aromatic heterocycles. The number of carbonyl (C=O) groups is 1. The maximum atomic E-state index is 12.9. The van der Waals surface area contributed by atoms with Crippen LogP contribution >= 0.6 is 0 Å². The van der Waals surface area contributed by atoms with Gasteiger partial charge in [-0.1, -0.05) is 18.6 Å². The first-order valence-corrected chi connectivity index (χ1v) is 7.79. The molecule has 1 aliphatic rings. The Morgan fingerprint density at radius 3 is 2.71 bits per heavy atom. The van der Waals surface area contributed by atoms with Crippen LogP contribution in [0.5, 0.6) is 0 Å². The number of ketones is 1. The lowest BCUT2D eigenvalue weighted by molar-refractivity contribution is 0.0667. The highest BCUT2D eigenvalue weighted by molar-refractivity contribution is 6.01. The summed E-state index contributed by atoms with van der Waals surface area (Å²) in [6, 6.07) is 7.86. The van der Waals surface area contributed by atoms with Crippen LogP contribution in [0.1, 0.15) is 48.7 Å². The zero-order chi connectivity index (χ0) is 15.0. The van der Waals surface area contributed by atoms with Gasteiger partial charge < -0.3 is 10.2 Å². The van der Waals surface area contributed by atoms with E-state index in [-0.39, 0.29) is 5.78 Å². The summed E-state index contributed by atoms with van der Waals surface area (Å²) >= 11 is 0. The molecule has 3 rings (SSSR count). The molecule has 3 nitrogen and oxygen atoms in total. The maximum absolute atomic E-state index is 12.9. The van der Waals surface area contributed by atoms with Gasteiger partial charge in [0.05, 0.1) is 0 Å². The lowest BCUT2D eigenvalue weighted by atomic mass is 9.68. The first-order valence-electron chi connectivity index (χ1n) is 7.79. The van der Waals surface area contributed by atoms with Gasteiger partial charge in [0.25, 0.3) is 0 Å². The largest absolute Gasteiger partial charge is 0.453 e. The van der Waals surface area contributed by atoms with Gasteiger partial charge in [-0.25, -0.2) is 0 Å². The highest BCUT2D eigenvalue weighted by Gasteiger charge is 2.41. The number of nitrogens with two attached hydrogens (primary N) is 1. The third-order valence-corrected chi connectivity index (χ3v) is 5.00. The second kappa shape index (κ2) is 5.30. The van der Waals surface area contributed by atoms with Crippen molar-refractivity contribution in [1.29, 1.82) is 0 Å². The minimum absolute atomic E-state index is 0.0887. The second-order valence-electron chi connectivity index (χ2n) is 6.65. The topological polar surface area (TPSA) is 56.2 Å². The first kappa shape index (κ1) is 14.3. The third kappa shape index (κ3) is 2.51. The number of benzene rings is 1. The van der Waals surface area contributed by atoms with Gasteiger partial charge in [0.1, 0.15) is 5.58 Å². The number of carbonyl (C=O) groups excluding carboxylic acids is 1. The minimum atomic E-state index is -0.421. The highest BCUT2D eigenvalue weighted by atomic mass is 16.3. The number of furan rings is 1. The van der Waals surface area contributed by atoms with E-state index in [4.69, 9.17) is 10.2 Å². The molecule has 0 aliphatic heterocycles. The lowest BCUT2D eigenvalue weighted by Gasteiger charge is -2.36. The van der Waals surface area contributed by atoms with Gasteiger partial charge in [0.15, 0.2) is 5.76 Å². The van der Waals surface area contributed by atoms with E-state index in [2.05, 4.69) is 6.92 Å². The standard InChI is InChI=1S/C18H23NO2/c1-12-5-7-18(11-19,8-6-12)17(20)16-10-14-9-13(2)3-4-15(14)21-16/h3-4,9-10,12H,5-8,11,19H2,1-2H3. The molecule has 1 saturated carbocycles. The van der Waals surface area contributed by atoms with Gasteiger partial charge in [0.2, 0.25) is 5.78 Å². The Balaban J connectivity index is 1.95. The van der Waals surface area contributed by atoms with Crippen LogP contribution in [0.3, 0.4) is 0 Å². The summed E-state index contributed by atoms with van der Waals surface area (Å²) in [7, 11) is 0. The highest BCUT2D eigenvalue weighted by Crippen LogP contribution is 2.41. The summed E-state index contributed by atoms with van der Waals surface area (Å²) < 4.78 is 5.79. The van der Waals surface area contributed by atoms with Gasteiger partial charge >= 0.3 is 0 Å². The zero-order valence-corrected chi connectivity index (χ0v) is 12.8. The normalized spacial score (nSPS) is 26.1. The molecule has 0 atom stereocenters. The van der Waals surface area contributed by atoms with Crippen LogP contribution in [-0.2, 0) is 0 Å². The average molecular weight is 285 g/mol. The van der Waals surface area contributed by atoms with E-state index in [0.29, 0.717) is 18.2 Å². The van der Waals surface area contributed by atoms with Crippen molar-refractivity contribution in [2.24, 2.45) is 17.1 Å². The number of hydrogen-bond donors (Lipinski definition) is 1. The Morgan fingerprint density at radius 2 is 2.05 bits per heavy atom. The SMILES string of the molecule is Cc1ccc2oc(C(=O)C3(CN)CCC(C)CC3)cc2c1. The number of rotatable bonds is 3. The summed E-state index contributed by atoms with van der Waals surface area (Å²) in [6.45, 7) is 4.70. The molecule has 1 fully saturated rings. The molecule has 0 spiro atoms. The quantitative estimate of drug-likeness (QED) is 0.864. The van der Waals surface area contributed by atoms with Crippen molar-refractivity contribution in [3.8, 4) is 0 Å². The molecule has 0 radical (unpaired) electrons. The second-order valence-corrected chi connectivity index (χ2v) is 6.65. The van der Waals surface area contributed by atoms with E-state index < -0.39 is 5.41 Å². The van der Waals surface area contributed by atoms with Crippen molar-refractivity contribution in [2.75, 3.05) is 6.54 Å². The van der Waals surface area contributed by atoms with Crippen molar-refractivity contribution < 1.29 is 9.21 Å². The van der Waals surface area contributed by atoms with Crippen LogP contribution < -0.4 is 5.73 Å². The zero-order valence-electron chi connectivity index (χ0n) is 12.8. The summed E-state index contributed by atoms with van der Waals surface area (Å²) in [5, 5.41) is 0.995. The fourth-order valence-corrected chi connectivity index (χ4v) is 3.37. The number of fused-ring (bicyclic) bond motifs is 1. The Morgan fingerprint density at radius 1 is 1.33 bits per heavy atom. The van der Waals surface area contributed by atoms with Crippen molar-refractivity contribution in [3.63, 3.8) is 0 Å². The van der Waals surface area contributed by atoms with Gasteiger partial charge in [-0.15, -0.1) is 0 Å². The van der Waals surface area contributed by atoms with Gasteiger partial charge in [-0.05, 0) is 56.7 Å². The average Bonchev–Trinajstić information content (AvgIpc) is 2.90. The Labute approximate surface area is 125 Å². The number of hydrogen-bond acceptors (Lipinski definition) is 3. The molecule has 0 unspecified atom stereocenters. The molecule has 112 valence electrons. The van der Waals surface area contributed by atoms with Crippen molar-refractivity contribution in [1.82, 2.24) is 0 Å². The Bertz CT molecular complexity index is 663. The van der Waals surface area contributed by atoms with E-state index in [1.165, 1.54) is 5.56 Å². The van der Waals surface area contributed by atoms with Crippen LogP contribution in [0.25, 0.3) is 11.0 Å². The Hall–Kier alpha value is -1.61. The van der Waals surface area contributed by atoms with Gasteiger partial charge in [0, 0.05) is 17.3 Å². The molecule has 2 N–H and O–H groups in total. The molecular formula is C18H23NO2. The summed E-state index contributed by atoms with van der Waals surface area (Å²) in [5.41, 5.74) is 7.50. The fraction of sp³-hybridized carbons (Fsp3) is 0.500. The van der Waals surface area contributed by atoms with Crippen molar-refractivity contribution in [2.45, 2.75) is 39.5 Å². The molecule has 1 aromatic carbocycles. The predicted molar refractivity (Wildman–Crippen MR) is 84.4 cm³/mol. The van der Waals surface area contributed by atoms with Crippen molar-refractivity contribution >= 4 is 16.8 Å². The minimum Gasteiger partial charge on any atom is -0.453 e. The molecule has 0 amide bonds. The van der Waals surface area contributed by atoms with E-state index in [9.17, 15) is 4.79 Å². The maximum Gasteiger partial charge on any atom is 0.205 e. The number of Topliss-reactive ketones (excluding diaryl/α,β-unsaturated/α-hetero) is 1. The van der Waals surface area contributed by atoms with E-state index in [0.717, 1.165) is 36.7 Å². The molecule has 2 aromatic rings. The molecule has 0 saturated heterocycles. The fourth-order valence-electron chi connectivity index (χ4n) is 3.37. The molecule has 21 heavy (non-hydrogen) atoms. The van der Waals surface area contributed by atoms with Crippen LogP contribution in [-0.4, -0.2) is 12.3 Å². The smallest absolute Gasteiger partial charge is 0.205 e. The van der Waals surface area contributed by atoms with E-state index in [1.54, 1.807) is 0 Å². The molecule has 1 heterocycles. The predicted octanol–water partition coefficient (Wildman–Crippen LogP) is 4.08. The van der Waals surface area contributed by atoms with Gasteiger partial charge in [-0.3, -0.25) is 4.79 Å². The van der Waals surface area contributed by atoms with Crippen LogP contribution in [0.2, 0.25) is 0 Å². The molecular weight excluding hydrogens is 262 g/mol. The van der Waals surface area contributed by atoms with Crippen molar-refractivity contribution in [3.05, 3.63) is 35.6 Å². The monoisotopic (exact) mass is 285 g/mol. The summed E-state index contributed by atoms with van der Waals surface area (Å²) in [6.07, 6.45) is 3.89. The van der Waals surface area contributed by atoms with Gasteiger partial charge in [-0.2, -0.15) is 0 Å². The first-order chi connectivity index (χ1) is 10.0. The summed E-state index contributed by atoms with van der Waals surface area (Å²) in [4.78, 5) is 12.9. The van der Waals surface area contributed by atoms with E-state index in [1.807, 2.05) is 31.2 Å². The van der Waals surface area contributed by atoms with Crippen LogP contribution in [0.4, 0.5) is 0 Å². The molecule has 1 aliphatic carbocycles. The van der Waals surface area contributed by atoms with E-state index >= 15 is 0 Å². The lowest BCUT2D eigenvalue weighted by Crippen LogP contribution is -2.41. The molecule has 3 heteroatoms. The summed E-state index contributed by atoms with van der Waals surface area (Å²) in [5.74, 6) is 1.25. The van der Waals surface area contributed by atoms with Crippen LogP contribution in [0.15, 0.2) is 28.7 Å². The number of aryl methyl sites for hydroxylation is 1. The third-order valence-electron chi connectivity index (χ3n) is 5.00. The Kier molecular flexibility index (Phi) is 3.62. The van der Waals surface area contributed by atoms with Crippen LogP contribution in [0, 0.1) is 18.3 Å².